The van der Waals surface area contributed by atoms with E-state index in [0.29, 0.717) is 39.3 Å². The summed E-state index contributed by atoms with van der Waals surface area (Å²) in [7, 11) is 1.66. The summed E-state index contributed by atoms with van der Waals surface area (Å²) in [6.45, 7) is 7.01. The van der Waals surface area contributed by atoms with Crippen molar-refractivity contribution in [3.63, 3.8) is 0 Å². The lowest BCUT2D eigenvalue weighted by Crippen LogP contribution is -2.44. The van der Waals surface area contributed by atoms with E-state index in [0.717, 1.165) is 47.7 Å². The van der Waals surface area contributed by atoms with Gasteiger partial charge in [-0.1, -0.05) is 48.5 Å². The van der Waals surface area contributed by atoms with Crippen LogP contribution in [0.15, 0.2) is 72.8 Å². The normalized spacial score (nSPS) is 17.0. The first kappa shape index (κ1) is 33.0. The Balaban J connectivity index is 1.23. The minimum atomic E-state index is -0.640. The number of para-hydroxylation sites is 2. The fourth-order valence-corrected chi connectivity index (χ4v) is 5.31. The van der Waals surface area contributed by atoms with Gasteiger partial charge in [0.1, 0.15) is 17.6 Å². The highest BCUT2D eigenvalue weighted by Gasteiger charge is 2.30. The van der Waals surface area contributed by atoms with E-state index in [1.165, 1.54) is 12.5 Å². The summed E-state index contributed by atoms with van der Waals surface area (Å²) < 4.78 is 23.5. The van der Waals surface area contributed by atoms with Crippen LogP contribution in [-0.2, 0) is 32.1 Å². The molecule has 3 atom stereocenters. The van der Waals surface area contributed by atoms with Gasteiger partial charge < -0.3 is 34.9 Å². The molecule has 3 aromatic carbocycles. The van der Waals surface area contributed by atoms with Crippen LogP contribution in [0.25, 0.3) is 0 Å². The molecule has 0 aromatic heterocycles. The zero-order valence-electron chi connectivity index (χ0n) is 26.0. The molecule has 0 aliphatic carbocycles. The predicted octanol–water partition coefficient (Wildman–Crippen LogP) is 4.85. The molecule has 3 aromatic rings. The highest BCUT2D eigenvalue weighted by atomic mass is 16.5. The number of hydrogen-bond donors (Lipinski definition) is 3. The number of nitrogens with one attached hydrogen (secondary N) is 3. The van der Waals surface area contributed by atoms with Gasteiger partial charge in [0.25, 0.3) is 5.91 Å². The summed E-state index contributed by atoms with van der Waals surface area (Å²) in [5.41, 5.74) is 3.89. The Hall–Kier alpha value is -3.92. The first-order chi connectivity index (χ1) is 21.4. The van der Waals surface area contributed by atoms with Crippen molar-refractivity contribution in [2.75, 3.05) is 45.3 Å². The lowest BCUT2D eigenvalue weighted by Gasteiger charge is -2.34. The topological polar surface area (TPSA) is 107 Å². The molecule has 2 amide bonds. The second kappa shape index (κ2) is 17.4. The van der Waals surface area contributed by atoms with Crippen molar-refractivity contribution in [2.24, 2.45) is 0 Å². The molecule has 1 saturated heterocycles. The van der Waals surface area contributed by atoms with Gasteiger partial charge in [-0.15, -0.1) is 0 Å². The highest BCUT2D eigenvalue weighted by Crippen LogP contribution is 2.30. The standard InChI is InChI=1S/C35H45N3O6/c1-25(35(40)38-32-11-6-4-9-28(32)17-20-37-26(2)39)44-34-23-36-19-18-31(34)27-13-15-30(16-14-27)43-22-8-21-42-24-29-10-5-7-12-33(29)41-3/h4-7,9-16,25,31,34,36H,8,17-24H2,1-3H3,(H,37,39)(H,38,40)/t25-,31?,34?/m1/s1. The fraction of sp³-hybridized carbons (Fsp3) is 0.429. The van der Waals surface area contributed by atoms with Crippen LogP contribution in [-0.4, -0.2) is 64.0 Å². The lowest BCUT2D eigenvalue weighted by molar-refractivity contribution is -0.131. The van der Waals surface area contributed by atoms with Crippen LogP contribution in [0.2, 0.25) is 0 Å². The summed E-state index contributed by atoms with van der Waals surface area (Å²) in [6.07, 6.45) is 1.53. The third kappa shape index (κ3) is 10.1. The molecule has 9 nitrogen and oxygen atoms in total. The second-order valence-electron chi connectivity index (χ2n) is 10.9. The van der Waals surface area contributed by atoms with E-state index < -0.39 is 6.10 Å². The van der Waals surface area contributed by atoms with Crippen LogP contribution < -0.4 is 25.4 Å². The van der Waals surface area contributed by atoms with Crippen LogP contribution >= 0.6 is 0 Å². The largest absolute Gasteiger partial charge is 0.496 e. The summed E-state index contributed by atoms with van der Waals surface area (Å²) >= 11 is 0. The first-order valence-electron chi connectivity index (χ1n) is 15.4. The molecule has 1 aliphatic heterocycles. The van der Waals surface area contributed by atoms with Crippen molar-refractivity contribution in [3.05, 3.63) is 89.5 Å². The zero-order chi connectivity index (χ0) is 31.1. The Morgan fingerprint density at radius 1 is 0.977 bits per heavy atom. The molecule has 44 heavy (non-hydrogen) atoms. The number of piperidine rings is 1. The number of methoxy groups -OCH3 is 1. The molecule has 9 heteroatoms. The van der Waals surface area contributed by atoms with Crippen LogP contribution in [0, 0.1) is 0 Å². The number of amides is 2. The third-order valence-electron chi connectivity index (χ3n) is 7.68. The molecule has 1 aliphatic rings. The first-order valence-corrected chi connectivity index (χ1v) is 15.4. The van der Waals surface area contributed by atoms with Gasteiger partial charge in [-0.2, -0.15) is 0 Å². The number of carbonyl (C=O) groups excluding carboxylic acids is 2. The molecule has 2 unspecified atom stereocenters. The van der Waals surface area contributed by atoms with E-state index >= 15 is 0 Å². The van der Waals surface area contributed by atoms with E-state index in [2.05, 4.69) is 28.1 Å². The maximum Gasteiger partial charge on any atom is 0.253 e. The maximum absolute atomic E-state index is 13.1. The van der Waals surface area contributed by atoms with Gasteiger partial charge in [-0.3, -0.25) is 9.59 Å². The third-order valence-corrected chi connectivity index (χ3v) is 7.68. The average Bonchev–Trinajstić information content (AvgIpc) is 3.04. The Labute approximate surface area is 260 Å². The molecule has 236 valence electrons. The number of rotatable bonds is 16. The summed E-state index contributed by atoms with van der Waals surface area (Å²) in [5, 5.41) is 9.23. The van der Waals surface area contributed by atoms with E-state index in [1.807, 2.05) is 60.7 Å². The minimum absolute atomic E-state index is 0.0754. The predicted molar refractivity (Wildman–Crippen MR) is 171 cm³/mol. The summed E-state index contributed by atoms with van der Waals surface area (Å²) in [6, 6.07) is 23.7. The van der Waals surface area contributed by atoms with Gasteiger partial charge in [-0.05, 0) is 61.7 Å². The Morgan fingerprint density at radius 3 is 2.50 bits per heavy atom. The van der Waals surface area contributed by atoms with Crippen LogP contribution in [0.1, 0.15) is 49.3 Å². The van der Waals surface area contributed by atoms with E-state index in [1.54, 1.807) is 14.0 Å². The highest BCUT2D eigenvalue weighted by molar-refractivity contribution is 5.94. The second-order valence-corrected chi connectivity index (χ2v) is 10.9. The quantitative estimate of drug-likeness (QED) is 0.201. The number of anilines is 1. The SMILES string of the molecule is COc1ccccc1COCCCOc1ccc(C2CCNCC2O[C@H](C)C(=O)Nc2ccccc2CCNC(C)=O)cc1. The summed E-state index contributed by atoms with van der Waals surface area (Å²) in [4.78, 5) is 24.4. The van der Waals surface area contributed by atoms with Crippen molar-refractivity contribution < 1.29 is 28.5 Å². The van der Waals surface area contributed by atoms with Gasteiger partial charge in [0, 0.05) is 43.6 Å². The Kier molecular flexibility index (Phi) is 13.0. The Morgan fingerprint density at radius 2 is 1.73 bits per heavy atom. The van der Waals surface area contributed by atoms with Gasteiger partial charge in [0.05, 0.1) is 33.0 Å². The van der Waals surface area contributed by atoms with Gasteiger partial charge in [-0.25, -0.2) is 0 Å². The van der Waals surface area contributed by atoms with Gasteiger partial charge in [0.15, 0.2) is 0 Å². The number of benzene rings is 3. The molecule has 0 spiro atoms. The van der Waals surface area contributed by atoms with Crippen molar-refractivity contribution in [1.82, 2.24) is 10.6 Å². The molecule has 3 N–H and O–H groups in total. The van der Waals surface area contributed by atoms with E-state index in [-0.39, 0.29) is 23.8 Å². The molecular formula is C35H45N3O6. The van der Waals surface area contributed by atoms with Crippen LogP contribution in [0.5, 0.6) is 11.5 Å². The monoisotopic (exact) mass is 603 g/mol. The lowest BCUT2D eigenvalue weighted by atomic mass is 9.87. The number of hydrogen-bond acceptors (Lipinski definition) is 7. The van der Waals surface area contributed by atoms with Crippen LogP contribution in [0.3, 0.4) is 0 Å². The van der Waals surface area contributed by atoms with Crippen LogP contribution in [0.4, 0.5) is 5.69 Å². The van der Waals surface area contributed by atoms with Gasteiger partial charge in [0.2, 0.25) is 5.91 Å². The summed E-state index contributed by atoms with van der Waals surface area (Å²) in [5.74, 6) is 1.54. The molecule has 1 heterocycles. The fourth-order valence-electron chi connectivity index (χ4n) is 5.31. The van der Waals surface area contributed by atoms with E-state index in [4.69, 9.17) is 18.9 Å². The molecule has 1 fully saturated rings. The maximum atomic E-state index is 13.1. The minimum Gasteiger partial charge on any atom is -0.496 e. The zero-order valence-corrected chi connectivity index (χ0v) is 26.0. The molecular weight excluding hydrogens is 558 g/mol. The molecule has 0 saturated carbocycles. The Bertz CT molecular complexity index is 1330. The smallest absolute Gasteiger partial charge is 0.253 e. The van der Waals surface area contributed by atoms with Crippen molar-refractivity contribution in [1.29, 1.82) is 0 Å². The number of ether oxygens (including phenoxy) is 4. The van der Waals surface area contributed by atoms with Crippen molar-refractivity contribution in [2.45, 2.75) is 57.8 Å². The van der Waals surface area contributed by atoms with Crippen molar-refractivity contribution in [3.8, 4) is 11.5 Å². The van der Waals surface area contributed by atoms with E-state index in [9.17, 15) is 9.59 Å². The average molecular weight is 604 g/mol. The molecule has 4 rings (SSSR count). The number of carbonyl (C=O) groups is 2. The molecule has 0 radical (unpaired) electrons. The van der Waals surface area contributed by atoms with Crippen molar-refractivity contribution >= 4 is 17.5 Å². The van der Waals surface area contributed by atoms with Gasteiger partial charge >= 0.3 is 0 Å². The molecule has 0 bridgehead atoms.